The maximum Gasteiger partial charge on any atom is 0.328 e. The molecular formula is C27H36ClN3O6. The maximum atomic E-state index is 13.4. The predicted molar refractivity (Wildman–Crippen MR) is 143 cm³/mol. The molecule has 1 aromatic heterocycles. The van der Waals surface area contributed by atoms with E-state index >= 15 is 0 Å². The lowest BCUT2D eigenvalue weighted by molar-refractivity contribution is -0.151. The normalized spacial score (nSPS) is 20.6. The van der Waals surface area contributed by atoms with Crippen molar-refractivity contribution in [1.82, 2.24) is 9.88 Å². The largest absolute Gasteiger partial charge is 0.496 e. The van der Waals surface area contributed by atoms with Crippen LogP contribution in [0.25, 0.3) is 17.0 Å². The molecule has 1 aliphatic heterocycles. The maximum absolute atomic E-state index is 13.4. The van der Waals surface area contributed by atoms with E-state index in [4.69, 9.17) is 24.7 Å². The number of halogens is 1. The number of pyridine rings is 1. The van der Waals surface area contributed by atoms with Gasteiger partial charge in [-0.1, -0.05) is 31.9 Å². The van der Waals surface area contributed by atoms with Crippen molar-refractivity contribution in [1.29, 1.82) is 0 Å². The standard InChI is InChI=1S/C27H35N3O6.ClH/c1-5-16-11-19-20(13-22(16)33-2)29-24(34-3)14-23(19)36-18-12-21(27(32)35-4)30(15-18)26(31)25(28)17-9-7-6-8-10-17;/h5,11,13-14,17-18,21,25H,1,6-10,12,15,28H2,2-4H3;1H/t18-,21+,25+;/m1./s1. The summed E-state index contributed by atoms with van der Waals surface area (Å²) in [6.07, 6.45) is 6.74. The van der Waals surface area contributed by atoms with Gasteiger partial charge in [0.05, 0.1) is 39.4 Å². The van der Waals surface area contributed by atoms with E-state index in [1.165, 1.54) is 25.5 Å². The lowest BCUT2D eigenvalue weighted by Crippen LogP contribution is -2.52. The summed E-state index contributed by atoms with van der Waals surface area (Å²) in [5, 5.41) is 0.741. The van der Waals surface area contributed by atoms with Gasteiger partial charge in [0.15, 0.2) is 0 Å². The minimum absolute atomic E-state index is 0. The number of nitrogens with two attached hydrogens (primary N) is 1. The van der Waals surface area contributed by atoms with Gasteiger partial charge in [-0.15, -0.1) is 12.4 Å². The Morgan fingerprint density at radius 2 is 1.84 bits per heavy atom. The number of ether oxygens (including phenoxy) is 4. The molecule has 1 saturated carbocycles. The minimum Gasteiger partial charge on any atom is -0.496 e. The smallest absolute Gasteiger partial charge is 0.328 e. The van der Waals surface area contributed by atoms with Crippen molar-refractivity contribution in [2.24, 2.45) is 11.7 Å². The highest BCUT2D eigenvalue weighted by Gasteiger charge is 2.44. The van der Waals surface area contributed by atoms with Crippen LogP contribution in [0.15, 0.2) is 24.8 Å². The van der Waals surface area contributed by atoms with Crippen LogP contribution < -0.4 is 19.9 Å². The Kier molecular flexibility index (Phi) is 9.62. The molecule has 0 radical (unpaired) electrons. The quantitative estimate of drug-likeness (QED) is 0.510. The fourth-order valence-electron chi connectivity index (χ4n) is 5.31. The zero-order valence-electron chi connectivity index (χ0n) is 21.6. The number of aromatic nitrogens is 1. The molecule has 1 aliphatic carbocycles. The van der Waals surface area contributed by atoms with Crippen molar-refractivity contribution >= 4 is 41.3 Å². The van der Waals surface area contributed by atoms with Crippen molar-refractivity contribution in [3.05, 3.63) is 30.3 Å². The summed E-state index contributed by atoms with van der Waals surface area (Å²) in [5.41, 5.74) is 7.83. The molecule has 2 N–H and O–H groups in total. The monoisotopic (exact) mass is 533 g/mol. The number of amides is 1. The molecule has 0 bridgehead atoms. The molecule has 10 heteroatoms. The molecule has 3 atom stereocenters. The van der Waals surface area contributed by atoms with Gasteiger partial charge in [-0.2, -0.15) is 0 Å². The topological polar surface area (TPSA) is 113 Å². The first kappa shape index (κ1) is 28.5. The van der Waals surface area contributed by atoms with Crippen molar-refractivity contribution < 1.29 is 28.5 Å². The predicted octanol–water partition coefficient (Wildman–Crippen LogP) is 3.75. The summed E-state index contributed by atoms with van der Waals surface area (Å²) in [6, 6.07) is 4.00. The highest BCUT2D eigenvalue weighted by atomic mass is 35.5. The van der Waals surface area contributed by atoms with Gasteiger partial charge in [0, 0.05) is 29.5 Å². The third kappa shape index (κ3) is 5.93. The van der Waals surface area contributed by atoms with E-state index in [2.05, 4.69) is 11.6 Å². The molecule has 37 heavy (non-hydrogen) atoms. The van der Waals surface area contributed by atoms with Crippen molar-refractivity contribution in [3.8, 4) is 17.4 Å². The summed E-state index contributed by atoms with van der Waals surface area (Å²) >= 11 is 0. The molecule has 0 unspecified atom stereocenters. The molecule has 1 amide bonds. The number of likely N-dealkylation sites (tertiary alicyclic amines) is 1. The fraction of sp³-hybridized carbons (Fsp3) is 0.519. The van der Waals surface area contributed by atoms with Gasteiger partial charge in [0.2, 0.25) is 11.8 Å². The Hall–Kier alpha value is -3.04. The zero-order valence-corrected chi connectivity index (χ0v) is 22.4. The number of esters is 1. The second-order valence-corrected chi connectivity index (χ2v) is 9.41. The van der Waals surface area contributed by atoms with E-state index in [0.717, 1.165) is 36.6 Å². The first-order valence-corrected chi connectivity index (χ1v) is 12.4. The average Bonchev–Trinajstić information content (AvgIpc) is 3.34. The first-order chi connectivity index (χ1) is 17.4. The Morgan fingerprint density at radius 1 is 1.11 bits per heavy atom. The summed E-state index contributed by atoms with van der Waals surface area (Å²) < 4.78 is 22.3. The molecule has 1 aromatic carbocycles. The zero-order chi connectivity index (χ0) is 25.8. The number of methoxy groups -OCH3 is 3. The van der Waals surface area contributed by atoms with E-state index in [-0.39, 0.29) is 30.8 Å². The van der Waals surface area contributed by atoms with Crippen LogP contribution >= 0.6 is 12.4 Å². The summed E-state index contributed by atoms with van der Waals surface area (Å²) in [7, 11) is 4.44. The number of carbonyl (C=O) groups excluding carboxylic acids is 2. The van der Waals surface area contributed by atoms with Crippen LogP contribution in [-0.4, -0.2) is 67.8 Å². The van der Waals surface area contributed by atoms with Crippen LogP contribution in [0.3, 0.4) is 0 Å². The van der Waals surface area contributed by atoms with Crippen LogP contribution in [0.4, 0.5) is 0 Å². The molecule has 2 fully saturated rings. The van der Waals surface area contributed by atoms with Gasteiger partial charge in [0.25, 0.3) is 0 Å². The summed E-state index contributed by atoms with van der Waals surface area (Å²) in [6.45, 7) is 4.09. The van der Waals surface area contributed by atoms with Crippen molar-refractivity contribution in [2.45, 2.75) is 56.7 Å². The fourth-order valence-corrected chi connectivity index (χ4v) is 5.31. The van der Waals surface area contributed by atoms with Gasteiger partial charge in [-0.05, 0) is 24.8 Å². The minimum atomic E-state index is -0.749. The van der Waals surface area contributed by atoms with Crippen molar-refractivity contribution in [3.63, 3.8) is 0 Å². The molecular weight excluding hydrogens is 498 g/mol. The average molecular weight is 534 g/mol. The molecule has 2 aromatic rings. The Bertz CT molecular complexity index is 1140. The van der Waals surface area contributed by atoms with Crippen molar-refractivity contribution in [2.75, 3.05) is 27.9 Å². The Balaban J connectivity index is 0.00000380. The third-order valence-corrected chi connectivity index (χ3v) is 7.28. The van der Waals surface area contributed by atoms with Crippen LogP contribution in [0.5, 0.6) is 17.4 Å². The van der Waals surface area contributed by atoms with Gasteiger partial charge in [-0.3, -0.25) is 4.79 Å². The third-order valence-electron chi connectivity index (χ3n) is 7.28. The Morgan fingerprint density at radius 3 is 2.46 bits per heavy atom. The molecule has 1 saturated heterocycles. The number of benzene rings is 1. The highest BCUT2D eigenvalue weighted by molar-refractivity contribution is 5.90. The highest BCUT2D eigenvalue weighted by Crippen LogP contribution is 2.36. The molecule has 0 spiro atoms. The Labute approximate surface area is 223 Å². The number of fused-ring (bicyclic) bond motifs is 1. The van der Waals surface area contributed by atoms with E-state index in [1.54, 1.807) is 25.3 Å². The van der Waals surface area contributed by atoms with E-state index in [1.807, 2.05) is 6.07 Å². The van der Waals surface area contributed by atoms with Crippen LogP contribution in [0.1, 0.15) is 44.1 Å². The SMILES string of the molecule is C=Cc1cc2c(O[C@@H]3C[C@@H](C(=O)OC)N(C(=O)[C@@H](N)C4CCCCC4)C3)cc(OC)nc2cc1OC.Cl. The van der Waals surface area contributed by atoms with Crippen LogP contribution in [0, 0.1) is 5.92 Å². The number of nitrogens with zero attached hydrogens (tertiary/aromatic N) is 2. The lowest BCUT2D eigenvalue weighted by atomic mass is 9.83. The lowest BCUT2D eigenvalue weighted by Gasteiger charge is -2.31. The molecule has 202 valence electrons. The number of hydrogen-bond acceptors (Lipinski definition) is 8. The van der Waals surface area contributed by atoms with Crippen LogP contribution in [-0.2, 0) is 14.3 Å². The first-order valence-electron chi connectivity index (χ1n) is 12.4. The van der Waals surface area contributed by atoms with E-state index < -0.39 is 24.2 Å². The molecule has 2 heterocycles. The van der Waals surface area contributed by atoms with Crippen LogP contribution in [0.2, 0.25) is 0 Å². The van der Waals surface area contributed by atoms with Gasteiger partial charge in [0.1, 0.15) is 23.6 Å². The number of hydrogen-bond donors (Lipinski definition) is 1. The number of rotatable bonds is 8. The van der Waals surface area contributed by atoms with Gasteiger partial charge in [-0.25, -0.2) is 9.78 Å². The second-order valence-electron chi connectivity index (χ2n) is 9.41. The molecule has 2 aliphatic rings. The molecule has 4 rings (SSSR count). The van der Waals surface area contributed by atoms with Gasteiger partial charge >= 0.3 is 5.97 Å². The number of carbonyl (C=O) groups is 2. The molecule has 9 nitrogen and oxygen atoms in total. The van der Waals surface area contributed by atoms with E-state index in [0.29, 0.717) is 29.3 Å². The summed E-state index contributed by atoms with van der Waals surface area (Å²) in [4.78, 5) is 32.1. The second kappa shape index (κ2) is 12.5. The van der Waals surface area contributed by atoms with Gasteiger partial charge < -0.3 is 29.6 Å². The summed E-state index contributed by atoms with van der Waals surface area (Å²) in [5.74, 6) is 0.970. The van der Waals surface area contributed by atoms with E-state index in [9.17, 15) is 9.59 Å².